The van der Waals surface area contributed by atoms with Gasteiger partial charge in [0, 0.05) is 0 Å². The molecule has 0 aliphatic carbocycles. The van der Waals surface area contributed by atoms with Crippen LogP contribution in [0.3, 0.4) is 0 Å². The first kappa shape index (κ1) is 5.16. The van der Waals surface area contributed by atoms with Crippen molar-refractivity contribution < 1.29 is 8.94 Å². The molecule has 0 aliphatic rings. The number of oxazole rings is 1. The lowest BCUT2D eigenvalue weighted by Crippen LogP contribution is -1.77. The molecule has 2 heterocycles. The van der Waals surface area contributed by atoms with Crippen LogP contribution < -0.4 is 0 Å². The minimum atomic E-state index is 0.366. The van der Waals surface area contributed by atoms with Gasteiger partial charge in [0.1, 0.15) is 6.26 Å². The van der Waals surface area contributed by atoms with Crippen molar-refractivity contribution in [3.8, 4) is 11.7 Å². The smallest absolute Gasteiger partial charge is 0.268 e. The predicted octanol–water partition coefficient (Wildman–Crippen LogP) is 0.725. The van der Waals surface area contributed by atoms with E-state index in [2.05, 4.69) is 19.6 Å². The number of aromatic nitrogens is 3. The molecule has 50 valence electrons. The fourth-order valence-electron chi connectivity index (χ4n) is 0.599. The Morgan fingerprint density at radius 3 is 2.90 bits per heavy atom. The number of hydrogen-bond donors (Lipinski definition) is 0. The van der Waals surface area contributed by atoms with Crippen LogP contribution in [-0.2, 0) is 0 Å². The van der Waals surface area contributed by atoms with Gasteiger partial charge in [0.2, 0.25) is 6.39 Å². The summed E-state index contributed by atoms with van der Waals surface area (Å²) >= 11 is 0. The van der Waals surface area contributed by atoms with Gasteiger partial charge in [-0.2, -0.15) is 4.98 Å². The fraction of sp³-hybridized carbons (Fsp3) is 0. The fourth-order valence-corrected chi connectivity index (χ4v) is 0.599. The number of nitrogens with zero attached hydrogens (tertiary/aromatic N) is 3. The molecule has 0 aliphatic heterocycles. The van der Waals surface area contributed by atoms with Crippen LogP contribution in [0.1, 0.15) is 0 Å². The van der Waals surface area contributed by atoms with E-state index in [1.54, 1.807) is 0 Å². The average molecular weight is 137 g/mol. The minimum Gasteiger partial charge on any atom is -0.442 e. The zero-order chi connectivity index (χ0) is 6.81. The Bertz CT molecular complexity index is 254. The summed E-state index contributed by atoms with van der Waals surface area (Å²) in [5, 5.41) is 3.52. The van der Waals surface area contributed by atoms with Crippen LogP contribution in [0.5, 0.6) is 0 Å². The van der Waals surface area contributed by atoms with Crippen molar-refractivity contribution in [1.29, 1.82) is 0 Å². The molecule has 0 amide bonds. The summed E-state index contributed by atoms with van der Waals surface area (Å²) < 4.78 is 9.36. The summed E-state index contributed by atoms with van der Waals surface area (Å²) in [4.78, 5) is 7.53. The van der Waals surface area contributed by atoms with E-state index in [0.29, 0.717) is 11.7 Å². The minimum absolute atomic E-state index is 0.366. The van der Waals surface area contributed by atoms with E-state index in [0.717, 1.165) is 0 Å². The topological polar surface area (TPSA) is 65.0 Å². The molecule has 0 saturated heterocycles. The van der Waals surface area contributed by atoms with Crippen molar-refractivity contribution >= 4 is 0 Å². The van der Waals surface area contributed by atoms with E-state index in [4.69, 9.17) is 4.42 Å². The normalized spacial score (nSPS) is 10.0. The second-order valence-electron chi connectivity index (χ2n) is 1.59. The summed E-state index contributed by atoms with van der Waals surface area (Å²) in [5.74, 6) is 0.735. The first-order chi connectivity index (χ1) is 4.97. The summed E-state index contributed by atoms with van der Waals surface area (Å²) in [6.45, 7) is 0. The SMILES string of the molecule is c1coc(-c2ncon2)n1. The highest BCUT2D eigenvalue weighted by atomic mass is 16.5. The largest absolute Gasteiger partial charge is 0.442 e. The molecule has 0 fully saturated rings. The maximum atomic E-state index is 4.88. The van der Waals surface area contributed by atoms with Gasteiger partial charge in [-0.25, -0.2) is 4.98 Å². The van der Waals surface area contributed by atoms with Crippen LogP contribution in [0.2, 0.25) is 0 Å². The van der Waals surface area contributed by atoms with Crippen LogP contribution in [0, 0.1) is 0 Å². The molecule has 5 heteroatoms. The van der Waals surface area contributed by atoms with E-state index in [1.165, 1.54) is 18.9 Å². The number of hydrogen-bond acceptors (Lipinski definition) is 5. The third kappa shape index (κ3) is 0.680. The molecule has 0 spiro atoms. The van der Waals surface area contributed by atoms with Gasteiger partial charge in [0.05, 0.1) is 6.20 Å². The molecular formula is C5H3N3O2. The van der Waals surface area contributed by atoms with E-state index in [9.17, 15) is 0 Å². The Morgan fingerprint density at radius 2 is 2.30 bits per heavy atom. The molecule has 0 aromatic carbocycles. The van der Waals surface area contributed by atoms with Crippen LogP contribution >= 0.6 is 0 Å². The van der Waals surface area contributed by atoms with Crippen molar-refractivity contribution in [1.82, 2.24) is 15.1 Å². The molecular weight excluding hydrogens is 134 g/mol. The van der Waals surface area contributed by atoms with Crippen molar-refractivity contribution in [2.75, 3.05) is 0 Å². The molecule has 0 atom stereocenters. The highest BCUT2D eigenvalue weighted by Crippen LogP contribution is 2.08. The number of rotatable bonds is 1. The molecule has 0 bridgehead atoms. The van der Waals surface area contributed by atoms with Crippen LogP contribution in [0.15, 0.2) is 27.8 Å². The van der Waals surface area contributed by atoms with Gasteiger partial charge in [0.15, 0.2) is 0 Å². The zero-order valence-corrected chi connectivity index (χ0v) is 4.89. The Kier molecular flexibility index (Phi) is 1.00. The van der Waals surface area contributed by atoms with Crippen molar-refractivity contribution in [2.45, 2.75) is 0 Å². The molecule has 2 aromatic heterocycles. The maximum absolute atomic E-state index is 4.88. The molecule has 2 rings (SSSR count). The molecule has 10 heavy (non-hydrogen) atoms. The Labute approximate surface area is 55.7 Å². The molecule has 2 aromatic rings. The lowest BCUT2D eigenvalue weighted by atomic mass is 10.6. The monoisotopic (exact) mass is 137 g/mol. The van der Waals surface area contributed by atoms with E-state index < -0.39 is 0 Å². The highest BCUT2D eigenvalue weighted by molar-refractivity contribution is 5.36. The van der Waals surface area contributed by atoms with Gasteiger partial charge in [-0.15, -0.1) is 0 Å². The van der Waals surface area contributed by atoms with Gasteiger partial charge in [0.25, 0.3) is 11.7 Å². The van der Waals surface area contributed by atoms with Crippen LogP contribution in [-0.4, -0.2) is 15.1 Å². The Hall–Kier alpha value is -1.65. The van der Waals surface area contributed by atoms with Crippen molar-refractivity contribution in [3.05, 3.63) is 18.9 Å². The van der Waals surface area contributed by atoms with Crippen molar-refractivity contribution in [2.24, 2.45) is 0 Å². The summed E-state index contributed by atoms with van der Waals surface area (Å²) in [6, 6.07) is 0. The molecule has 0 radical (unpaired) electrons. The van der Waals surface area contributed by atoms with Crippen molar-refractivity contribution in [3.63, 3.8) is 0 Å². The molecule has 0 saturated carbocycles. The van der Waals surface area contributed by atoms with Gasteiger partial charge < -0.3 is 8.94 Å². The summed E-state index contributed by atoms with van der Waals surface area (Å²) in [5.41, 5.74) is 0. The summed E-state index contributed by atoms with van der Waals surface area (Å²) in [6.07, 6.45) is 4.19. The molecule has 5 nitrogen and oxygen atoms in total. The van der Waals surface area contributed by atoms with Crippen LogP contribution in [0.4, 0.5) is 0 Å². The van der Waals surface area contributed by atoms with E-state index >= 15 is 0 Å². The second kappa shape index (κ2) is 1.94. The predicted molar refractivity (Wildman–Crippen MR) is 29.8 cm³/mol. The first-order valence-electron chi connectivity index (χ1n) is 2.63. The maximum Gasteiger partial charge on any atom is 0.268 e. The quantitative estimate of drug-likeness (QED) is 0.579. The zero-order valence-electron chi connectivity index (χ0n) is 4.89. The lowest BCUT2D eigenvalue weighted by Gasteiger charge is -1.78. The average Bonchev–Trinajstić information content (AvgIpc) is 2.59. The van der Waals surface area contributed by atoms with Gasteiger partial charge >= 0.3 is 0 Å². The highest BCUT2D eigenvalue weighted by Gasteiger charge is 2.05. The Balaban J connectivity index is 2.48. The standard InChI is InChI=1S/C5H3N3O2/c1-2-9-5(6-1)4-7-3-10-8-4/h1-3H. The van der Waals surface area contributed by atoms with E-state index in [1.807, 2.05) is 0 Å². The van der Waals surface area contributed by atoms with E-state index in [-0.39, 0.29) is 0 Å². The van der Waals surface area contributed by atoms with Gasteiger partial charge in [-0.3, -0.25) is 0 Å². The molecule has 0 N–H and O–H groups in total. The summed E-state index contributed by atoms with van der Waals surface area (Å²) in [7, 11) is 0. The molecule has 0 unspecified atom stereocenters. The Morgan fingerprint density at radius 1 is 1.30 bits per heavy atom. The van der Waals surface area contributed by atoms with Crippen LogP contribution in [0.25, 0.3) is 11.7 Å². The third-order valence-electron chi connectivity index (χ3n) is 0.985. The van der Waals surface area contributed by atoms with Gasteiger partial charge in [-0.05, 0) is 0 Å². The third-order valence-corrected chi connectivity index (χ3v) is 0.985. The van der Waals surface area contributed by atoms with Gasteiger partial charge in [-0.1, -0.05) is 5.16 Å². The lowest BCUT2D eigenvalue weighted by molar-refractivity contribution is 0.416. The second-order valence-corrected chi connectivity index (χ2v) is 1.59. The first-order valence-corrected chi connectivity index (χ1v) is 2.63.